The molecule has 2 heterocycles. The van der Waals surface area contributed by atoms with Crippen LogP contribution in [0.3, 0.4) is 0 Å². The molecule has 1 amide bonds. The van der Waals surface area contributed by atoms with Crippen molar-refractivity contribution in [1.29, 1.82) is 0 Å². The molecule has 0 radical (unpaired) electrons. The highest BCUT2D eigenvalue weighted by Gasteiger charge is 2.73. The van der Waals surface area contributed by atoms with Crippen molar-refractivity contribution in [2.75, 3.05) is 13.1 Å². The maximum atomic E-state index is 13.7. The van der Waals surface area contributed by atoms with Gasteiger partial charge in [0, 0.05) is 23.7 Å². The average Bonchev–Trinajstić information content (AvgIpc) is 3.65. The number of carbonyl (C=O) groups excluding carboxylic acids is 1. The number of carbonyl (C=O) groups is 1. The third kappa shape index (κ3) is 3.11. The highest BCUT2D eigenvalue weighted by molar-refractivity contribution is 6.07. The number of hydrogen-bond donors (Lipinski definition) is 3. The first kappa shape index (κ1) is 24.3. The number of nitrogens with one attached hydrogen (secondary N) is 1. The molecule has 3 aromatic carbocycles. The summed E-state index contributed by atoms with van der Waals surface area (Å²) in [5, 5.41) is 28.7. The van der Waals surface area contributed by atoms with Gasteiger partial charge in [0.05, 0.1) is 17.1 Å². The summed E-state index contributed by atoms with van der Waals surface area (Å²) in [6.45, 7) is 1.96. The van der Waals surface area contributed by atoms with Crippen molar-refractivity contribution in [3.05, 3.63) is 71.3 Å². The Bertz CT molecular complexity index is 1450. The zero-order chi connectivity index (χ0) is 24.9. The van der Waals surface area contributed by atoms with E-state index >= 15 is 0 Å². The summed E-state index contributed by atoms with van der Waals surface area (Å²) in [4.78, 5) is 16.2. The summed E-state index contributed by atoms with van der Waals surface area (Å²) in [5.74, 6) is 1.27. The third-order valence-electron chi connectivity index (χ3n) is 10.1. The lowest BCUT2D eigenvalue weighted by Gasteiger charge is -2.64. The second-order valence-electron chi connectivity index (χ2n) is 11.9. The first-order valence-electron chi connectivity index (χ1n) is 13.8. The minimum absolute atomic E-state index is 0. The highest BCUT2D eigenvalue weighted by Crippen LogP contribution is 2.65. The van der Waals surface area contributed by atoms with Crippen LogP contribution >= 0.6 is 12.4 Å². The van der Waals surface area contributed by atoms with Crippen LogP contribution < -0.4 is 10.1 Å². The Morgan fingerprint density at radius 2 is 1.87 bits per heavy atom. The first-order chi connectivity index (χ1) is 18.0. The number of amides is 1. The van der Waals surface area contributed by atoms with Crippen molar-refractivity contribution in [2.45, 2.75) is 67.7 Å². The Hall–Kier alpha value is -2.80. The number of halogens is 1. The number of aliphatic hydroxyl groups is 1. The molecule has 3 N–H and O–H groups in total. The summed E-state index contributed by atoms with van der Waals surface area (Å²) in [6, 6.07) is 17.3. The van der Waals surface area contributed by atoms with E-state index in [1.807, 2.05) is 48.5 Å². The molecule has 198 valence electrons. The lowest BCUT2D eigenvalue weighted by Crippen LogP contribution is -2.78. The molecule has 0 aromatic heterocycles. The van der Waals surface area contributed by atoms with Crippen molar-refractivity contribution in [3.63, 3.8) is 0 Å². The standard InChI is InChI=1S/C31H32N2O4.ClH/c34-24-11-10-20-16-25-31(36)13-12-23(32-29(35)22-7-3-5-19-4-1-2-6-21(19)22)28-30(31,26(20)27(24)37-28)14-15-33(25)17-18-8-9-18;/h1-7,10-11,18,23,25,28,34,36H,8-9,12-17H2,(H,32,35);1H/t23-,25?,28+,30+,31-;/m1./s1. The van der Waals surface area contributed by atoms with Crippen LogP contribution in [0.15, 0.2) is 54.6 Å². The molecule has 3 aromatic rings. The van der Waals surface area contributed by atoms with Crippen LogP contribution in [0.4, 0.5) is 0 Å². The van der Waals surface area contributed by atoms with E-state index in [0.717, 1.165) is 48.2 Å². The summed E-state index contributed by atoms with van der Waals surface area (Å²) >= 11 is 0. The molecule has 1 saturated heterocycles. The van der Waals surface area contributed by atoms with E-state index in [4.69, 9.17) is 4.74 Å². The van der Waals surface area contributed by atoms with Gasteiger partial charge in [-0.25, -0.2) is 0 Å². The van der Waals surface area contributed by atoms with Gasteiger partial charge in [-0.15, -0.1) is 12.4 Å². The molecule has 2 saturated carbocycles. The number of phenolic OH excluding ortho intramolecular Hbond substituents is 1. The van der Waals surface area contributed by atoms with Crippen molar-refractivity contribution >= 4 is 29.1 Å². The molecule has 5 atom stereocenters. The molecule has 5 aliphatic rings. The van der Waals surface area contributed by atoms with Crippen LogP contribution in [0.25, 0.3) is 10.8 Å². The van der Waals surface area contributed by atoms with Gasteiger partial charge in [-0.05, 0) is 79.5 Å². The normalized spacial score (nSPS) is 32.7. The van der Waals surface area contributed by atoms with Crippen LogP contribution in [-0.2, 0) is 11.8 Å². The van der Waals surface area contributed by atoms with Crippen LogP contribution in [0.1, 0.15) is 53.6 Å². The van der Waals surface area contributed by atoms with Gasteiger partial charge in [0.25, 0.3) is 5.91 Å². The molecular weight excluding hydrogens is 500 g/mol. The minimum atomic E-state index is -0.947. The van der Waals surface area contributed by atoms with Gasteiger partial charge >= 0.3 is 0 Å². The van der Waals surface area contributed by atoms with E-state index in [0.29, 0.717) is 24.2 Å². The van der Waals surface area contributed by atoms with Crippen LogP contribution in [0.5, 0.6) is 11.5 Å². The maximum absolute atomic E-state index is 13.7. The van der Waals surface area contributed by atoms with Crippen molar-refractivity contribution < 1.29 is 19.7 Å². The fraction of sp³-hybridized carbons (Fsp3) is 0.452. The maximum Gasteiger partial charge on any atom is 0.252 e. The number of fused-ring (bicyclic) bond motifs is 1. The average molecular weight is 533 g/mol. The molecule has 38 heavy (non-hydrogen) atoms. The lowest BCUT2D eigenvalue weighted by atomic mass is 9.48. The monoisotopic (exact) mass is 532 g/mol. The van der Waals surface area contributed by atoms with Crippen LogP contribution in [0, 0.1) is 5.92 Å². The second kappa shape index (κ2) is 8.35. The van der Waals surface area contributed by atoms with Gasteiger partial charge in [0.15, 0.2) is 11.5 Å². The predicted molar refractivity (Wildman–Crippen MR) is 147 cm³/mol. The van der Waals surface area contributed by atoms with E-state index < -0.39 is 17.1 Å². The van der Waals surface area contributed by atoms with E-state index in [1.54, 1.807) is 6.07 Å². The van der Waals surface area contributed by atoms with Crippen molar-refractivity contribution in [1.82, 2.24) is 10.2 Å². The van der Waals surface area contributed by atoms with Crippen molar-refractivity contribution in [2.24, 2.45) is 5.92 Å². The van der Waals surface area contributed by atoms with Crippen molar-refractivity contribution in [3.8, 4) is 11.5 Å². The topological polar surface area (TPSA) is 82.0 Å². The number of hydrogen-bond acceptors (Lipinski definition) is 5. The Kier molecular flexibility index (Phi) is 5.33. The number of phenols is 1. The number of ether oxygens (including phenoxy) is 1. The number of rotatable bonds is 4. The van der Waals surface area contributed by atoms with Crippen LogP contribution in [0.2, 0.25) is 0 Å². The van der Waals surface area contributed by atoms with E-state index in [-0.39, 0.29) is 36.1 Å². The van der Waals surface area contributed by atoms with Gasteiger partial charge < -0.3 is 20.3 Å². The molecule has 8 rings (SSSR count). The first-order valence-corrected chi connectivity index (χ1v) is 13.8. The zero-order valence-electron chi connectivity index (χ0n) is 21.2. The summed E-state index contributed by atoms with van der Waals surface area (Å²) in [7, 11) is 0. The molecule has 2 bridgehead atoms. The molecule has 2 aliphatic heterocycles. The fourth-order valence-corrected chi connectivity index (χ4v) is 8.30. The fourth-order valence-electron chi connectivity index (χ4n) is 8.30. The quantitative estimate of drug-likeness (QED) is 0.466. The van der Waals surface area contributed by atoms with Gasteiger partial charge in [-0.1, -0.05) is 42.5 Å². The lowest BCUT2D eigenvalue weighted by molar-refractivity contribution is -0.191. The highest BCUT2D eigenvalue weighted by atomic mass is 35.5. The Morgan fingerprint density at radius 1 is 1.05 bits per heavy atom. The van der Waals surface area contributed by atoms with E-state index in [1.165, 1.54) is 18.4 Å². The number of benzene rings is 3. The van der Waals surface area contributed by atoms with Gasteiger partial charge in [0.2, 0.25) is 0 Å². The van der Waals surface area contributed by atoms with E-state index in [9.17, 15) is 15.0 Å². The second-order valence-corrected chi connectivity index (χ2v) is 11.9. The molecule has 3 aliphatic carbocycles. The molecule has 7 heteroatoms. The van der Waals surface area contributed by atoms with Gasteiger partial charge in [0.1, 0.15) is 6.10 Å². The Balaban J connectivity index is 0.00000242. The molecule has 3 fully saturated rings. The minimum Gasteiger partial charge on any atom is -0.504 e. The predicted octanol–water partition coefficient (Wildman–Crippen LogP) is 4.33. The molecule has 1 spiro atoms. The summed E-state index contributed by atoms with van der Waals surface area (Å²) in [6.07, 6.45) is 4.94. The third-order valence-corrected chi connectivity index (χ3v) is 10.1. The van der Waals surface area contributed by atoms with Gasteiger partial charge in [-0.2, -0.15) is 0 Å². The largest absolute Gasteiger partial charge is 0.504 e. The zero-order valence-corrected chi connectivity index (χ0v) is 22.0. The number of likely N-dealkylation sites (tertiary alicyclic amines) is 1. The smallest absolute Gasteiger partial charge is 0.252 e. The summed E-state index contributed by atoms with van der Waals surface area (Å²) in [5.41, 5.74) is 1.24. The Labute approximate surface area is 228 Å². The SMILES string of the molecule is Cl.O=C(N[C@@H]1CC[C@@]2(O)C3Cc4ccc(O)c5c4[C@@]2(CCN3CC2CC2)[C@H]1O5)c1cccc2ccccc12. The number of nitrogens with zero attached hydrogens (tertiary/aromatic N) is 1. The number of aromatic hydroxyl groups is 1. The Morgan fingerprint density at radius 3 is 2.71 bits per heavy atom. The van der Waals surface area contributed by atoms with Crippen LogP contribution in [-0.4, -0.2) is 57.9 Å². The molecule has 1 unspecified atom stereocenters. The van der Waals surface area contributed by atoms with Gasteiger partial charge in [-0.3, -0.25) is 9.69 Å². The molecule has 6 nitrogen and oxygen atoms in total. The molecular formula is C31H33ClN2O4. The summed E-state index contributed by atoms with van der Waals surface area (Å²) < 4.78 is 6.60. The van der Waals surface area contributed by atoms with E-state index in [2.05, 4.69) is 10.2 Å². The number of piperidine rings is 1.